The summed E-state index contributed by atoms with van der Waals surface area (Å²) in [5, 5.41) is 0.297. The molecule has 5 atom stereocenters. The lowest BCUT2D eigenvalue weighted by atomic mass is 9.52. The van der Waals surface area contributed by atoms with Crippen LogP contribution in [0.5, 0.6) is 0 Å². The molecule has 0 aromatic carbocycles. The Labute approximate surface area is 174 Å². The fraction of sp³-hybridized carbons (Fsp3) is 0.905. The molecule has 2 rings (SSSR count). The van der Waals surface area contributed by atoms with Crippen LogP contribution in [0.15, 0.2) is 9.47 Å². The van der Waals surface area contributed by atoms with E-state index in [4.69, 9.17) is 4.43 Å². The number of allylic oxidation sites excluding steroid dienone is 1. The SMILES string of the molecule is C[C@H](C=C(Br)Br)[C@H]1CCC[C@H]2[C@@H](O[Si](C)(C)C(C)(C)C)CCC[C@]12C. The number of halogens is 2. The lowest BCUT2D eigenvalue weighted by molar-refractivity contribution is -0.0814. The van der Waals surface area contributed by atoms with Crippen molar-refractivity contribution >= 4 is 40.2 Å². The van der Waals surface area contributed by atoms with E-state index in [0.717, 1.165) is 15.2 Å². The Balaban J connectivity index is 2.24. The van der Waals surface area contributed by atoms with Crippen molar-refractivity contribution in [3.05, 3.63) is 9.47 Å². The molecule has 25 heavy (non-hydrogen) atoms. The molecule has 0 aliphatic heterocycles. The average Bonchev–Trinajstić information content (AvgIpc) is 2.43. The number of hydrogen-bond acceptors (Lipinski definition) is 1. The van der Waals surface area contributed by atoms with Crippen LogP contribution in [-0.4, -0.2) is 14.4 Å². The first-order valence-electron chi connectivity index (χ1n) is 10.1. The van der Waals surface area contributed by atoms with Gasteiger partial charge in [-0.15, -0.1) is 0 Å². The molecule has 2 saturated carbocycles. The molecule has 1 nitrogen and oxygen atoms in total. The van der Waals surface area contributed by atoms with E-state index >= 15 is 0 Å². The molecule has 0 radical (unpaired) electrons. The van der Waals surface area contributed by atoms with Crippen LogP contribution in [0.3, 0.4) is 0 Å². The molecular formula is C21H38Br2OSi. The minimum atomic E-state index is -1.70. The number of hydrogen-bond donors (Lipinski definition) is 0. The van der Waals surface area contributed by atoms with Crippen LogP contribution in [0.4, 0.5) is 0 Å². The minimum absolute atomic E-state index is 0.297. The van der Waals surface area contributed by atoms with E-state index in [1.54, 1.807) is 0 Å². The van der Waals surface area contributed by atoms with Crippen LogP contribution in [0.1, 0.15) is 73.1 Å². The van der Waals surface area contributed by atoms with Crippen molar-refractivity contribution in [2.45, 2.75) is 97.4 Å². The predicted octanol–water partition coefficient (Wildman–Crippen LogP) is 8.25. The second-order valence-corrected chi connectivity index (χ2v) is 17.8. The van der Waals surface area contributed by atoms with Gasteiger partial charge in [-0.2, -0.15) is 0 Å². The van der Waals surface area contributed by atoms with Gasteiger partial charge in [0.25, 0.3) is 0 Å². The van der Waals surface area contributed by atoms with Crippen molar-refractivity contribution < 1.29 is 4.43 Å². The fourth-order valence-corrected chi connectivity index (χ4v) is 7.46. The normalized spacial score (nSPS) is 35.0. The molecule has 0 aromatic rings. The monoisotopic (exact) mass is 492 g/mol. The van der Waals surface area contributed by atoms with Gasteiger partial charge in [0.2, 0.25) is 0 Å². The first kappa shape index (κ1) is 22.2. The molecule has 2 aliphatic rings. The fourth-order valence-electron chi connectivity index (χ4n) is 5.23. The quantitative estimate of drug-likeness (QED) is 0.358. The molecule has 4 heteroatoms. The zero-order valence-corrected chi connectivity index (χ0v) is 21.5. The number of fused-ring (bicyclic) bond motifs is 1. The highest BCUT2D eigenvalue weighted by Gasteiger charge is 2.52. The van der Waals surface area contributed by atoms with Gasteiger partial charge < -0.3 is 4.43 Å². The van der Waals surface area contributed by atoms with Gasteiger partial charge in [-0.1, -0.05) is 53.5 Å². The third kappa shape index (κ3) is 4.84. The van der Waals surface area contributed by atoms with Crippen molar-refractivity contribution in [1.29, 1.82) is 0 Å². The molecule has 0 spiro atoms. The Bertz CT molecular complexity index is 493. The summed E-state index contributed by atoms with van der Waals surface area (Å²) in [6, 6.07) is 0. The third-order valence-corrected chi connectivity index (χ3v) is 12.7. The van der Waals surface area contributed by atoms with E-state index in [2.05, 4.69) is 85.6 Å². The number of rotatable bonds is 4. The second kappa shape index (κ2) is 8.09. The van der Waals surface area contributed by atoms with E-state index in [1.165, 1.54) is 38.5 Å². The Kier molecular flexibility index (Phi) is 7.17. The highest BCUT2D eigenvalue weighted by molar-refractivity contribution is 9.28. The van der Waals surface area contributed by atoms with Crippen molar-refractivity contribution in [3.8, 4) is 0 Å². The standard InChI is InChI=1S/C21H38Br2OSi/c1-15(14-19(22)23)16-10-8-11-17-18(12-9-13-21(16,17)5)24-25(6,7)20(2,3)4/h14-18H,8-13H2,1-7H3/t15-,16-,17+,18+,21-/m1/s1. The van der Waals surface area contributed by atoms with Crippen molar-refractivity contribution in [3.63, 3.8) is 0 Å². The second-order valence-electron chi connectivity index (χ2n) is 10.3. The summed E-state index contributed by atoms with van der Waals surface area (Å²) in [5.41, 5.74) is 0.425. The Morgan fingerprint density at radius 1 is 1.16 bits per heavy atom. The van der Waals surface area contributed by atoms with Crippen LogP contribution in [0, 0.1) is 23.2 Å². The van der Waals surface area contributed by atoms with E-state index in [0.29, 0.717) is 22.5 Å². The van der Waals surface area contributed by atoms with Gasteiger partial charge >= 0.3 is 0 Å². The smallest absolute Gasteiger partial charge is 0.192 e. The zero-order chi connectivity index (χ0) is 19.0. The summed E-state index contributed by atoms with van der Waals surface area (Å²) >= 11 is 7.16. The summed E-state index contributed by atoms with van der Waals surface area (Å²) < 4.78 is 8.09. The molecule has 0 unspecified atom stereocenters. The van der Waals surface area contributed by atoms with Crippen LogP contribution in [0.2, 0.25) is 18.1 Å². The molecule has 0 amide bonds. The lowest BCUT2D eigenvalue weighted by Crippen LogP contribution is -2.54. The van der Waals surface area contributed by atoms with E-state index < -0.39 is 8.32 Å². The Hall–Kier alpha value is 0.877. The lowest BCUT2D eigenvalue weighted by Gasteiger charge is -2.56. The van der Waals surface area contributed by atoms with Crippen LogP contribution in [-0.2, 0) is 4.43 Å². The molecule has 2 fully saturated rings. The van der Waals surface area contributed by atoms with Gasteiger partial charge in [-0.05, 0) is 98.8 Å². The molecule has 0 aromatic heterocycles. The summed E-state index contributed by atoms with van der Waals surface area (Å²) in [6.45, 7) is 16.9. The summed E-state index contributed by atoms with van der Waals surface area (Å²) in [7, 11) is -1.70. The summed E-state index contributed by atoms with van der Waals surface area (Å²) in [5.74, 6) is 2.11. The van der Waals surface area contributed by atoms with Gasteiger partial charge in [-0.3, -0.25) is 0 Å². The average molecular weight is 494 g/mol. The van der Waals surface area contributed by atoms with Crippen LogP contribution in [0.25, 0.3) is 0 Å². The van der Waals surface area contributed by atoms with Gasteiger partial charge in [-0.25, -0.2) is 0 Å². The molecule has 0 saturated heterocycles. The predicted molar refractivity (Wildman–Crippen MR) is 120 cm³/mol. The van der Waals surface area contributed by atoms with Gasteiger partial charge in [0, 0.05) is 6.10 Å². The Morgan fingerprint density at radius 2 is 1.80 bits per heavy atom. The minimum Gasteiger partial charge on any atom is -0.414 e. The first-order chi connectivity index (χ1) is 11.4. The highest BCUT2D eigenvalue weighted by Crippen LogP contribution is 2.57. The zero-order valence-electron chi connectivity index (χ0n) is 17.3. The maximum atomic E-state index is 6.99. The molecule has 0 N–H and O–H groups in total. The maximum absolute atomic E-state index is 6.99. The van der Waals surface area contributed by atoms with E-state index in [-0.39, 0.29) is 0 Å². The van der Waals surface area contributed by atoms with Gasteiger partial charge in [0.15, 0.2) is 8.32 Å². The van der Waals surface area contributed by atoms with Crippen LogP contribution >= 0.6 is 31.9 Å². The topological polar surface area (TPSA) is 9.23 Å². The first-order valence-corrected chi connectivity index (χ1v) is 14.6. The summed E-state index contributed by atoms with van der Waals surface area (Å²) in [4.78, 5) is 0. The van der Waals surface area contributed by atoms with E-state index in [9.17, 15) is 0 Å². The van der Waals surface area contributed by atoms with E-state index in [1.807, 2.05) is 0 Å². The van der Waals surface area contributed by atoms with Crippen molar-refractivity contribution in [1.82, 2.24) is 0 Å². The van der Waals surface area contributed by atoms with Crippen molar-refractivity contribution in [2.24, 2.45) is 23.2 Å². The Morgan fingerprint density at radius 3 is 2.36 bits per heavy atom. The largest absolute Gasteiger partial charge is 0.414 e. The molecular weight excluding hydrogens is 456 g/mol. The van der Waals surface area contributed by atoms with Crippen LogP contribution < -0.4 is 0 Å². The maximum Gasteiger partial charge on any atom is 0.192 e. The van der Waals surface area contributed by atoms with Gasteiger partial charge in [0.1, 0.15) is 0 Å². The molecule has 0 heterocycles. The van der Waals surface area contributed by atoms with Gasteiger partial charge in [0.05, 0.1) is 3.39 Å². The highest BCUT2D eigenvalue weighted by atomic mass is 79.9. The third-order valence-electron chi connectivity index (χ3n) is 7.65. The molecule has 0 bridgehead atoms. The summed E-state index contributed by atoms with van der Waals surface area (Å²) in [6.07, 6.45) is 10.9. The molecule has 146 valence electrons. The molecule has 2 aliphatic carbocycles. The van der Waals surface area contributed by atoms with Crippen molar-refractivity contribution in [2.75, 3.05) is 0 Å².